The molecule has 2 amide bonds. The average Bonchev–Trinajstić information content (AvgIpc) is 3.39. The van der Waals surface area contributed by atoms with Crippen LogP contribution in [0.3, 0.4) is 0 Å². The van der Waals surface area contributed by atoms with E-state index >= 15 is 4.39 Å². The van der Waals surface area contributed by atoms with Gasteiger partial charge in [0, 0.05) is 24.4 Å². The minimum Gasteiger partial charge on any atom is -0.462 e. The van der Waals surface area contributed by atoms with Crippen molar-refractivity contribution in [3.8, 4) is 17.2 Å². The van der Waals surface area contributed by atoms with E-state index in [1.165, 1.54) is 35.1 Å². The number of hydrogen-bond acceptors (Lipinski definition) is 8. The number of hydrazine groups is 1. The molecule has 0 aliphatic rings. The Hall–Kier alpha value is -5.26. The first-order chi connectivity index (χ1) is 19.2. The Labute approximate surface area is 229 Å². The van der Waals surface area contributed by atoms with Gasteiger partial charge in [0.25, 0.3) is 5.91 Å². The Balaban J connectivity index is 1.63. The van der Waals surface area contributed by atoms with E-state index in [0.29, 0.717) is 23.4 Å². The normalized spacial score (nSPS) is 10.7. The molecule has 4 aromatic rings. The molecule has 0 radical (unpaired) electrons. The van der Waals surface area contributed by atoms with Gasteiger partial charge in [0.15, 0.2) is 11.6 Å². The summed E-state index contributed by atoms with van der Waals surface area (Å²) in [5, 5.41) is 5.69. The largest absolute Gasteiger partial charge is 0.462 e. The van der Waals surface area contributed by atoms with Crippen molar-refractivity contribution in [1.82, 2.24) is 14.8 Å². The predicted octanol–water partition coefficient (Wildman–Crippen LogP) is 4.59. The predicted molar refractivity (Wildman–Crippen MR) is 145 cm³/mol. The maximum Gasteiger partial charge on any atom is 0.338 e. The van der Waals surface area contributed by atoms with Crippen molar-refractivity contribution in [2.45, 2.75) is 26.7 Å². The number of carbonyl (C=O) groups is 3. The van der Waals surface area contributed by atoms with Gasteiger partial charge < -0.3 is 15.2 Å². The summed E-state index contributed by atoms with van der Waals surface area (Å²) in [6.45, 7) is 5.82. The molecule has 0 fully saturated rings. The van der Waals surface area contributed by atoms with Crippen LogP contribution in [0.4, 0.5) is 15.9 Å². The standard InChI is InChI=1S/C28H27FN6O5/c1-4-39-28(38)18-6-5-7-19(12-18)35-26(15-24(33-35)17(2)3)34(16-36)32-23-9-8-20(13-22(23)29)40-21-10-11-31-25(14-21)27(30)37/h5-17,32H,4H2,1-3H3,(H2,30,37). The molecule has 40 heavy (non-hydrogen) atoms. The summed E-state index contributed by atoms with van der Waals surface area (Å²) in [5.41, 5.74) is 9.46. The van der Waals surface area contributed by atoms with Crippen molar-refractivity contribution in [1.29, 1.82) is 0 Å². The van der Waals surface area contributed by atoms with Crippen LogP contribution in [0.2, 0.25) is 0 Å². The number of amides is 2. The third-order valence-corrected chi connectivity index (χ3v) is 5.66. The Kier molecular flexibility index (Phi) is 8.38. The van der Waals surface area contributed by atoms with Crippen LogP contribution in [0, 0.1) is 5.82 Å². The number of halogens is 1. The summed E-state index contributed by atoms with van der Waals surface area (Å²) < 4.78 is 27.3. The van der Waals surface area contributed by atoms with Crippen LogP contribution >= 0.6 is 0 Å². The fraction of sp³-hybridized carbons (Fsp3) is 0.179. The monoisotopic (exact) mass is 546 g/mol. The molecule has 0 aliphatic carbocycles. The van der Waals surface area contributed by atoms with Gasteiger partial charge in [0.2, 0.25) is 6.41 Å². The minimum absolute atomic E-state index is 0.00283. The molecule has 0 spiro atoms. The smallest absolute Gasteiger partial charge is 0.338 e. The van der Waals surface area contributed by atoms with E-state index in [9.17, 15) is 14.4 Å². The number of ether oxygens (including phenoxy) is 2. The number of esters is 1. The van der Waals surface area contributed by atoms with Crippen LogP contribution in [-0.4, -0.2) is 39.7 Å². The van der Waals surface area contributed by atoms with Gasteiger partial charge in [-0.15, -0.1) is 0 Å². The number of benzene rings is 2. The van der Waals surface area contributed by atoms with Crippen LogP contribution in [0.5, 0.6) is 11.5 Å². The molecule has 0 unspecified atom stereocenters. The molecule has 0 saturated heterocycles. The lowest BCUT2D eigenvalue weighted by Crippen LogP contribution is -2.30. The molecule has 4 rings (SSSR count). The second kappa shape index (κ2) is 12.1. The first kappa shape index (κ1) is 27.8. The lowest BCUT2D eigenvalue weighted by Gasteiger charge is -2.21. The topological polar surface area (TPSA) is 142 Å². The van der Waals surface area contributed by atoms with Crippen molar-refractivity contribution >= 4 is 29.8 Å². The number of anilines is 2. The number of nitrogens with zero attached hydrogens (tertiary/aromatic N) is 4. The number of carbonyl (C=O) groups excluding carboxylic acids is 3. The van der Waals surface area contributed by atoms with Crippen molar-refractivity contribution in [3.05, 3.63) is 89.6 Å². The van der Waals surface area contributed by atoms with Gasteiger partial charge >= 0.3 is 5.97 Å². The molecular formula is C28H27FN6O5. The van der Waals surface area contributed by atoms with E-state index < -0.39 is 17.7 Å². The summed E-state index contributed by atoms with van der Waals surface area (Å²) in [5.74, 6) is -1.24. The number of nitrogens with two attached hydrogens (primary N) is 1. The number of aromatic nitrogens is 3. The highest BCUT2D eigenvalue weighted by Crippen LogP contribution is 2.29. The van der Waals surface area contributed by atoms with Gasteiger partial charge in [0.1, 0.15) is 17.2 Å². The summed E-state index contributed by atoms with van der Waals surface area (Å²) >= 11 is 0. The average molecular weight is 547 g/mol. The summed E-state index contributed by atoms with van der Waals surface area (Å²) in [7, 11) is 0. The zero-order valence-electron chi connectivity index (χ0n) is 22.0. The van der Waals surface area contributed by atoms with Crippen LogP contribution in [-0.2, 0) is 9.53 Å². The maximum absolute atomic E-state index is 15.1. The summed E-state index contributed by atoms with van der Waals surface area (Å²) in [6, 6.07) is 15.1. The highest BCUT2D eigenvalue weighted by Gasteiger charge is 2.20. The lowest BCUT2D eigenvalue weighted by molar-refractivity contribution is -0.107. The van der Waals surface area contributed by atoms with Gasteiger partial charge in [-0.3, -0.25) is 20.0 Å². The van der Waals surface area contributed by atoms with Gasteiger partial charge in [-0.05, 0) is 49.2 Å². The molecule has 12 heteroatoms. The molecule has 3 N–H and O–H groups in total. The molecule has 0 atom stereocenters. The number of rotatable bonds is 11. The molecule has 11 nitrogen and oxygen atoms in total. The van der Waals surface area contributed by atoms with E-state index in [1.807, 2.05) is 13.8 Å². The van der Waals surface area contributed by atoms with Gasteiger partial charge in [-0.25, -0.2) is 18.9 Å². The van der Waals surface area contributed by atoms with E-state index in [-0.39, 0.29) is 41.2 Å². The van der Waals surface area contributed by atoms with Crippen molar-refractivity contribution in [3.63, 3.8) is 0 Å². The second-order valence-electron chi connectivity index (χ2n) is 8.84. The zero-order chi connectivity index (χ0) is 28.8. The third-order valence-electron chi connectivity index (χ3n) is 5.66. The third kappa shape index (κ3) is 6.23. The fourth-order valence-corrected chi connectivity index (χ4v) is 3.67. The fourth-order valence-electron chi connectivity index (χ4n) is 3.67. The molecule has 0 saturated carbocycles. The highest BCUT2D eigenvalue weighted by atomic mass is 19.1. The molecule has 2 aromatic heterocycles. The van der Waals surface area contributed by atoms with Gasteiger partial charge in [0.05, 0.1) is 29.2 Å². The number of pyridine rings is 1. The molecule has 0 bridgehead atoms. The SMILES string of the molecule is CCOC(=O)c1cccc(-n2nc(C(C)C)cc2N(C=O)Nc2ccc(Oc3ccnc(C(N)=O)c3)cc2F)c1. The van der Waals surface area contributed by atoms with Crippen LogP contribution in [0.1, 0.15) is 53.2 Å². The Morgan fingerprint density at radius 1 is 1.12 bits per heavy atom. The van der Waals surface area contributed by atoms with Gasteiger partial charge in [-0.1, -0.05) is 19.9 Å². The Bertz CT molecular complexity index is 1550. The molecule has 0 aliphatic heterocycles. The van der Waals surface area contributed by atoms with Crippen molar-refractivity contribution in [2.75, 3.05) is 17.0 Å². The van der Waals surface area contributed by atoms with E-state index in [1.54, 1.807) is 37.3 Å². The van der Waals surface area contributed by atoms with Crippen molar-refractivity contribution < 1.29 is 28.2 Å². The number of nitrogens with one attached hydrogen (secondary N) is 1. The Morgan fingerprint density at radius 2 is 1.90 bits per heavy atom. The van der Waals surface area contributed by atoms with Crippen molar-refractivity contribution in [2.24, 2.45) is 5.73 Å². The first-order valence-electron chi connectivity index (χ1n) is 12.3. The second-order valence-corrected chi connectivity index (χ2v) is 8.84. The van der Waals surface area contributed by atoms with Crippen LogP contribution in [0.15, 0.2) is 66.9 Å². The molecule has 2 heterocycles. The van der Waals surface area contributed by atoms with E-state index in [0.717, 1.165) is 11.1 Å². The Morgan fingerprint density at radius 3 is 2.58 bits per heavy atom. The van der Waals surface area contributed by atoms with Crippen LogP contribution < -0.4 is 20.9 Å². The number of primary amides is 1. The summed E-state index contributed by atoms with van der Waals surface area (Å²) in [6.07, 6.45) is 1.83. The molecule has 2 aromatic carbocycles. The van der Waals surface area contributed by atoms with Crippen LogP contribution in [0.25, 0.3) is 5.69 Å². The number of hydrogen-bond donors (Lipinski definition) is 2. The first-order valence-corrected chi connectivity index (χ1v) is 12.3. The van der Waals surface area contributed by atoms with E-state index in [4.69, 9.17) is 15.2 Å². The molecular weight excluding hydrogens is 519 g/mol. The lowest BCUT2D eigenvalue weighted by atomic mass is 10.1. The molecule has 206 valence electrons. The highest BCUT2D eigenvalue weighted by molar-refractivity contribution is 5.91. The van der Waals surface area contributed by atoms with E-state index in [2.05, 4.69) is 15.5 Å². The minimum atomic E-state index is -0.724. The maximum atomic E-state index is 15.1. The quantitative estimate of drug-likeness (QED) is 0.158. The van der Waals surface area contributed by atoms with Gasteiger partial charge in [-0.2, -0.15) is 5.10 Å². The zero-order valence-corrected chi connectivity index (χ0v) is 22.0. The summed E-state index contributed by atoms with van der Waals surface area (Å²) in [4.78, 5) is 39.7.